The van der Waals surface area contributed by atoms with Crippen LogP contribution in [0, 0.1) is 5.92 Å². The van der Waals surface area contributed by atoms with Crippen LogP contribution in [0.2, 0.25) is 0 Å². The Bertz CT molecular complexity index is 937. The van der Waals surface area contributed by atoms with Crippen molar-refractivity contribution in [3.05, 3.63) is 83.9 Å². The fraction of sp³-hybridized carbons (Fsp3) is 0.481. The lowest BCUT2D eigenvalue weighted by Crippen LogP contribution is -2.47. The van der Waals surface area contributed by atoms with Crippen LogP contribution in [0.25, 0.3) is 0 Å². The lowest BCUT2D eigenvalue weighted by molar-refractivity contribution is 0.0571. The maximum Gasteiger partial charge on any atom is 0.0589 e. The number of nitrogens with zero attached hydrogens (tertiary/aromatic N) is 5. The number of pyridine rings is 1. The largest absolute Gasteiger partial charge is 0.383 e. The van der Waals surface area contributed by atoms with Gasteiger partial charge in [-0.25, -0.2) is 0 Å². The van der Waals surface area contributed by atoms with Crippen molar-refractivity contribution in [1.29, 1.82) is 0 Å². The number of piperidine rings is 1. The van der Waals surface area contributed by atoms with Gasteiger partial charge in [0.1, 0.15) is 0 Å². The number of likely N-dealkylation sites (tertiary alicyclic amines) is 1. The van der Waals surface area contributed by atoms with E-state index >= 15 is 0 Å². The molecule has 2 aromatic heterocycles. The molecule has 3 heterocycles. The van der Waals surface area contributed by atoms with Crippen LogP contribution in [0.4, 0.5) is 0 Å². The summed E-state index contributed by atoms with van der Waals surface area (Å²) in [5.41, 5.74) is 3.98. The Balaban J connectivity index is 1.48. The summed E-state index contributed by atoms with van der Waals surface area (Å²) in [6.45, 7) is 5.84. The molecule has 6 heteroatoms. The number of benzene rings is 1. The van der Waals surface area contributed by atoms with Crippen molar-refractivity contribution < 1.29 is 4.74 Å². The van der Waals surface area contributed by atoms with Crippen molar-refractivity contribution in [1.82, 2.24) is 24.6 Å². The van der Waals surface area contributed by atoms with E-state index in [1.54, 1.807) is 7.11 Å². The quantitative estimate of drug-likeness (QED) is 0.448. The van der Waals surface area contributed by atoms with Gasteiger partial charge >= 0.3 is 0 Å². The molecule has 1 aliphatic rings. The SMILES string of the molecule is COCCN(Cc1cccnc1)[C@H](Cc1ccccc1)C1CCN(Cc2cnn(C)c2)CC1. The highest BCUT2D eigenvalue weighted by atomic mass is 16.5. The fourth-order valence-corrected chi connectivity index (χ4v) is 5.05. The van der Waals surface area contributed by atoms with Crippen LogP contribution in [0.15, 0.2) is 67.3 Å². The summed E-state index contributed by atoms with van der Waals surface area (Å²) in [6, 6.07) is 15.6. The lowest BCUT2D eigenvalue weighted by Gasteiger charge is -2.41. The van der Waals surface area contributed by atoms with Gasteiger partial charge in [0, 0.05) is 64.0 Å². The zero-order valence-corrected chi connectivity index (χ0v) is 20.0. The third kappa shape index (κ3) is 6.97. The van der Waals surface area contributed by atoms with Crippen molar-refractivity contribution in [3.63, 3.8) is 0 Å². The molecule has 0 amide bonds. The van der Waals surface area contributed by atoms with E-state index < -0.39 is 0 Å². The molecule has 33 heavy (non-hydrogen) atoms. The van der Waals surface area contributed by atoms with Gasteiger partial charge in [-0.1, -0.05) is 36.4 Å². The second kappa shape index (κ2) is 12.1. The zero-order chi connectivity index (χ0) is 22.9. The first-order chi connectivity index (χ1) is 16.2. The highest BCUT2D eigenvalue weighted by molar-refractivity contribution is 5.17. The van der Waals surface area contributed by atoms with Gasteiger partial charge in [0.05, 0.1) is 12.8 Å². The second-order valence-corrected chi connectivity index (χ2v) is 9.22. The molecule has 1 aromatic carbocycles. The smallest absolute Gasteiger partial charge is 0.0589 e. The normalized spacial score (nSPS) is 16.3. The standard InChI is InChI=1S/C27H37N5O/c1-30-20-25(19-29-30)21-31-13-10-26(11-14-31)27(17-23-7-4-3-5-8-23)32(15-16-33-2)22-24-9-6-12-28-18-24/h3-9,12,18-20,26-27H,10-11,13-17,21-22H2,1-2H3/t27-/m1/s1. The van der Waals surface area contributed by atoms with E-state index in [0.29, 0.717) is 12.0 Å². The van der Waals surface area contributed by atoms with Gasteiger partial charge in [-0.05, 0) is 55.5 Å². The highest BCUT2D eigenvalue weighted by Crippen LogP contribution is 2.28. The summed E-state index contributed by atoms with van der Waals surface area (Å²) in [6.07, 6.45) is 11.5. The summed E-state index contributed by atoms with van der Waals surface area (Å²) in [5, 5.41) is 4.33. The number of rotatable bonds is 11. The monoisotopic (exact) mass is 447 g/mol. The van der Waals surface area contributed by atoms with E-state index in [9.17, 15) is 0 Å². The maximum absolute atomic E-state index is 5.51. The van der Waals surface area contributed by atoms with E-state index in [2.05, 4.69) is 62.5 Å². The molecule has 0 saturated carbocycles. The Morgan fingerprint density at radius 2 is 1.82 bits per heavy atom. The number of aryl methyl sites for hydroxylation is 1. The highest BCUT2D eigenvalue weighted by Gasteiger charge is 2.31. The first kappa shape index (κ1) is 23.6. The van der Waals surface area contributed by atoms with E-state index in [0.717, 1.165) is 45.8 Å². The molecular weight excluding hydrogens is 410 g/mol. The molecule has 0 bridgehead atoms. The fourth-order valence-electron chi connectivity index (χ4n) is 5.05. The molecule has 6 nitrogen and oxygen atoms in total. The molecule has 0 N–H and O–H groups in total. The van der Waals surface area contributed by atoms with Crippen LogP contribution in [0.5, 0.6) is 0 Å². The van der Waals surface area contributed by atoms with Gasteiger partial charge in [-0.15, -0.1) is 0 Å². The molecule has 0 aliphatic carbocycles. The maximum atomic E-state index is 5.51. The van der Waals surface area contributed by atoms with Gasteiger partial charge in [-0.2, -0.15) is 5.10 Å². The summed E-state index contributed by atoms with van der Waals surface area (Å²) in [5.74, 6) is 0.656. The van der Waals surface area contributed by atoms with Crippen LogP contribution in [0.3, 0.4) is 0 Å². The van der Waals surface area contributed by atoms with Crippen molar-refractivity contribution in [3.8, 4) is 0 Å². The van der Waals surface area contributed by atoms with E-state index in [1.807, 2.05) is 36.4 Å². The molecule has 1 atom stereocenters. The summed E-state index contributed by atoms with van der Waals surface area (Å²) in [7, 11) is 3.78. The molecule has 1 fully saturated rings. The predicted molar refractivity (Wildman–Crippen MR) is 132 cm³/mol. The Hall–Kier alpha value is -2.54. The zero-order valence-electron chi connectivity index (χ0n) is 20.0. The van der Waals surface area contributed by atoms with Crippen molar-refractivity contribution in [2.75, 3.05) is 33.4 Å². The third-order valence-electron chi connectivity index (χ3n) is 6.79. The van der Waals surface area contributed by atoms with Gasteiger partial charge in [0.2, 0.25) is 0 Å². The number of ether oxygens (including phenoxy) is 1. The molecule has 0 unspecified atom stereocenters. The number of hydrogen-bond acceptors (Lipinski definition) is 5. The summed E-state index contributed by atoms with van der Waals surface area (Å²) >= 11 is 0. The molecule has 4 rings (SSSR count). The Kier molecular flexibility index (Phi) is 8.64. The number of hydrogen-bond donors (Lipinski definition) is 0. The molecule has 0 radical (unpaired) electrons. The lowest BCUT2D eigenvalue weighted by atomic mass is 9.84. The average molecular weight is 448 g/mol. The predicted octanol–water partition coefficient (Wildman–Crippen LogP) is 3.79. The van der Waals surface area contributed by atoms with Crippen molar-refractivity contribution in [2.24, 2.45) is 13.0 Å². The molecule has 3 aromatic rings. The van der Waals surface area contributed by atoms with Crippen LogP contribution in [-0.4, -0.2) is 64.0 Å². The number of methoxy groups -OCH3 is 1. The Morgan fingerprint density at radius 1 is 1.03 bits per heavy atom. The minimum Gasteiger partial charge on any atom is -0.383 e. The Morgan fingerprint density at radius 3 is 2.48 bits per heavy atom. The van der Waals surface area contributed by atoms with E-state index in [4.69, 9.17) is 4.74 Å². The van der Waals surface area contributed by atoms with Crippen LogP contribution in [-0.2, 0) is 31.3 Å². The molecule has 176 valence electrons. The van der Waals surface area contributed by atoms with Gasteiger partial charge in [0.15, 0.2) is 0 Å². The minimum atomic E-state index is 0.475. The molecular formula is C27H37N5O. The topological polar surface area (TPSA) is 46.4 Å². The van der Waals surface area contributed by atoms with Crippen LogP contribution in [0.1, 0.15) is 29.5 Å². The molecule has 1 saturated heterocycles. The minimum absolute atomic E-state index is 0.475. The average Bonchev–Trinajstić information content (AvgIpc) is 3.26. The molecule has 0 spiro atoms. The van der Waals surface area contributed by atoms with Crippen LogP contribution < -0.4 is 0 Å². The van der Waals surface area contributed by atoms with Gasteiger partial charge < -0.3 is 4.74 Å². The second-order valence-electron chi connectivity index (χ2n) is 9.22. The first-order valence-electron chi connectivity index (χ1n) is 12.1. The van der Waals surface area contributed by atoms with E-state index in [1.165, 1.54) is 29.5 Å². The van der Waals surface area contributed by atoms with Gasteiger partial charge in [0.25, 0.3) is 0 Å². The van der Waals surface area contributed by atoms with Gasteiger partial charge in [-0.3, -0.25) is 19.5 Å². The van der Waals surface area contributed by atoms with Crippen molar-refractivity contribution >= 4 is 0 Å². The van der Waals surface area contributed by atoms with Crippen LogP contribution >= 0.6 is 0 Å². The van der Waals surface area contributed by atoms with Crippen molar-refractivity contribution in [2.45, 2.75) is 38.4 Å². The summed E-state index contributed by atoms with van der Waals surface area (Å²) in [4.78, 5) is 9.56. The third-order valence-corrected chi connectivity index (χ3v) is 6.79. The molecule has 1 aliphatic heterocycles. The first-order valence-corrected chi connectivity index (χ1v) is 12.1. The summed E-state index contributed by atoms with van der Waals surface area (Å²) < 4.78 is 7.40. The number of aromatic nitrogens is 3. The van der Waals surface area contributed by atoms with E-state index in [-0.39, 0.29) is 0 Å². The Labute approximate surface area is 198 Å².